The average molecular weight is 258 g/mol. The Kier molecular flexibility index (Phi) is 3.85. The predicted molar refractivity (Wildman–Crippen MR) is 75.0 cm³/mol. The second-order valence-electron chi connectivity index (χ2n) is 4.54. The van der Waals surface area contributed by atoms with Gasteiger partial charge >= 0.3 is 0 Å². The molecule has 0 saturated heterocycles. The lowest BCUT2D eigenvalue weighted by Gasteiger charge is -2.07. The highest BCUT2D eigenvalue weighted by Gasteiger charge is 2.15. The third kappa shape index (κ3) is 2.93. The molecular weight excluding hydrogens is 240 g/mol. The molecule has 0 spiro atoms. The number of carbonyl (C=O) groups is 1. The second-order valence-corrected chi connectivity index (χ2v) is 4.54. The van der Waals surface area contributed by atoms with Gasteiger partial charge in [0.15, 0.2) is 5.82 Å². The lowest BCUT2D eigenvalue weighted by Crippen LogP contribution is -2.26. The number of nitrogens with zero attached hydrogens (tertiary/aromatic N) is 1. The molecule has 19 heavy (non-hydrogen) atoms. The molecule has 1 aromatic carbocycles. The zero-order chi connectivity index (χ0) is 13.8. The van der Waals surface area contributed by atoms with Gasteiger partial charge in [0.2, 0.25) is 0 Å². The molecule has 0 radical (unpaired) electrons. The number of aryl methyl sites for hydroxylation is 2. The van der Waals surface area contributed by atoms with Crippen LogP contribution in [0.5, 0.6) is 0 Å². The maximum absolute atomic E-state index is 12.0. The Labute approximate surface area is 112 Å². The van der Waals surface area contributed by atoms with Crippen LogP contribution >= 0.6 is 0 Å². The fraction of sp³-hybridized carbons (Fsp3) is 0.286. The van der Waals surface area contributed by atoms with E-state index >= 15 is 0 Å². The second kappa shape index (κ2) is 5.56. The third-order valence-corrected chi connectivity index (χ3v) is 3.14. The van der Waals surface area contributed by atoms with Crippen molar-refractivity contribution in [2.45, 2.75) is 20.3 Å². The van der Waals surface area contributed by atoms with E-state index in [9.17, 15) is 4.79 Å². The van der Waals surface area contributed by atoms with Crippen LogP contribution in [0.1, 0.15) is 27.2 Å². The number of hydrogen-bond donors (Lipinski definition) is 3. The van der Waals surface area contributed by atoms with Crippen LogP contribution in [0.3, 0.4) is 0 Å². The number of nitrogens with two attached hydrogens (primary N) is 1. The number of nitrogen functional groups attached to an aromatic ring is 1. The molecule has 1 amide bonds. The van der Waals surface area contributed by atoms with E-state index in [0.717, 1.165) is 6.42 Å². The summed E-state index contributed by atoms with van der Waals surface area (Å²) in [6.45, 7) is 4.42. The Hall–Kier alpha value is -2.30. The van der Waals surface area contributed by atoms with Gasteiger partial charge in [-0.05, 0) is 31.4 Å². The summed E-state index contributed by atoms with van der Waals surface area (Å²) in [4.78, 5) is 12.0. The molecule has 1 aromatic heterocycles. The number of nitrogens with one attached hydrogen (secondary N) is 2. The lowest BCUT2D eigenvalue weighted by molar-refractivity contribution is 0.0954. The molecule has 0 bridgehead atoms. The summed E-state index contributed by atoms with van der Waals surface area (Å²) in [5.74, 6) is 0.0585. The predicted octanol–water partition coefficient (Wildman–Crippen LogP) is 1.58. The highest BCUT2D eigenvalue weighted by molar-refractivity contribution is 5.99. The molecule has 2 rings (SSSR count). The quantitative estimate of drug-likeness (QED) is 0.778. The average Bonchev–Trinajstić information content (AvgIpc) is 2.71. The van der Waals surface area contributed by atoms with Crippen LogP contribution in [0.25, 0.3) is 0 Å². The van der Waals surface area contributed by atoms with Gasteiger partial charge in [0.05, 0.1) is 0 Å². The zero-order valence-electron chi connectivity index (χ0n) is 11.2. The minimum Gasteiger partial charge on any atom is -0.382 e. The molecule has 2 aromatic rings. The highest BCUT2D eigenvalue weighted by Crippen LogP contribution is 2.12. The molecule has 0 fully saturated rings. The smallest absolute Gasteiger partial charge is 0.256 e. The van der Waals surface area contributed by atoms with Gasteiger partial charge < -0.3 is 11.1 Å². The van der Waals surface area contributed by atoms with Crippen LogP contribution < -0.4 is 11.1 Å². The van der Waals surface area contributed by atoms with Crippen molar-refractivity contribution in [1.29, 1.82) is 0 Å². The number of H-pyrrole nitrogens is 1. The van der Waals surface area contributed by atoms with Gasteiger partial charge in [-0.3, -0.25) is 9.89 Å². The fourth-order valence-electron chi connectivity index (χ4n) is 2.02. The summed E-state index contributed by atoms with van der Waals surface area (Å²) in [6.07, 6.45) is 0.801. The van der Waals surface area contributed by atoms with E-state index in [1.807, 2.05) is 12.1 Å². The Morgan fingerprint density at radius 1 is 1.37 bits per heavy atom. The van der Waals surface area contributed by atoms with Crippen molar-refractivity contribution in [2.24, 2.45) is 0 Å². The maximum Gasteiger partial charge on any atom is 0.256 e. The number of hydrogen-bond acceptors (Lipinski definition) is 3. The molecule has 0 atom stereocenters. The fourth-order valence-corrected chi connectivity index (χ4v) is 2.02. The maximum atomic E-state index is 12.0. The monoisotopic (exact) mass is 258 g/mol. The van der Waals surface area contributed by atoms with Gasteiger partial charge in [-0.25, -0.2) is 0 Å². The number of aromatic amines is 1. The van der Waals surface area contributed by atoms with Crippen molar-refractivity contribution in [1.82, 2.24) is 15.5 Å². The van der Waals surface area contributed by atoms with Gasteiger partial charge in [0, 0.05) is 12.2 Å². The van der Waals surface area contributed by atoms with E-state index in [4.69, 9.17) is 5.73 Å². The number of amides is 1. The largest absolute Gasteiger partial charge is 0.382 e. The third-order valence-electron chi connectivity index (χ3n) is 3.14. The molecule has 100 valence electrons. The normalized spacial score (nSPS) is 10.4. The topological polar surface area (TPSA) is 83.8 Å². The molecule has 0 unspecified atom stereocenters. The van der Waals surface area contributed by atoms with Crippen molar-refractivity contribution < 1.29 is 4.79 Å². The minimum atomic E-state index is -0.183. The van der Waals surface area contributed by atoms with Crippen LogP contribution in [0.15, 0.2) is 24.3 Å². The van der Waals surface area contributed by atoms with Crippen molar-refractivity contribution in [2.75, 3.05) is 12.3 Å². The molecule has 0 aliphatic rings. The summed E-state index contributed by atoms with van der Waals surface area (Å²) < 4.78 is 0. The number of anilines is 1. The molecule has 5 nitrogen and oxygen atoms in total. The molecule has 1 heterocycles. The van der Waals surface area contributed by atoms with Crippen molar-refractivity contribution in [3.63, 3.8) is 0 Å². The van der Waals surface area contributed by atoms with E-state index < -0.39 is 0 Å². The van der Waals surface area contributed by atoms with Crippen LogP contribution in [0.2, 0.25) is 0 Å². The summed E-state index contributed by atoms with van der Waals surface area (Å²) in [7, 11) is 0. The SMILES string of the molecule is Cc1ccccc1CCNC(=O)c1c(N)n[nH]c1C. The van der Waals surface area contributed by atoms with Gasteiger partial charge in [-0.1, -0.05) is 24.3 Å². The van der Waals surface area contributed by atoms with E-state index in [-0.39, 0.29) is 11.7 Å². The summed E-state index contributed by atoms with van der Waals surface area (Å²) in [5.41, 5.74) is 9.24. The lowest BCUT2D eigenvalue weighted by atomic mass is 10.1. The molecule has 4 N–H and O–H groups in total. The van der Waals surface area contributed by atoms with Gasteiger partial charge in [-0.15, -0.1) is 0 Å². The van der Waals surface area contributed by atoms with Crippen LogP contribution in [-0.2, 0) is 6.42 Å². The van der Waals surface area contributed by atoms with E-state index in [0.29, 0.717) is 17.8 Å². The van der Waals surface area contributed by atoms with Gasteiger partial charge in [-0.2, -0.15) is 5.10 Å². The summed E-state index contributed by atoms with van der Waals surface area (Å²) in [6, 6.07) is 8.14. The Morgan fingerprint density at radius 3 is 2.74 bits per heavy atom. The first-order valence-electron chi connectivity index (χ1n) is 6.22. The number of carbonyl (C=O) groups excluding carboxylic acids is 1. The first-order chi connectivity index (χ1) is 9.09. The molecule has 5 heteroatoms. The standard InChI is InChI=1S/C14H18N4O/c1-9-5-3-4-6-11(9)7-8-16-14(19)12-10(2)17-18-13(12)15/h3-6H,7-8H2,1-2H3,(H,16,19)(H3,15,17,18). The number of rotatable bonds is 4. The minimum absolute atomic E-state index is 0.183. The van der Waals surface area contributed by atoms with Crippen molar-refractivity contribution >= 4 is 11.7 Å². The number of aromatic nitrogens is 2. The van der Waals surface area contributed by atoms with Crippen LogP contribution in [-0.4, -0.2) is 22.6 Å². The molecule has 0 aliphatic heterocycles. The van der Waals surface area contributed by atoms with Gasteiger partial charge in [0.25, 0.3) is 5.91 Å². The molecule has 0 saturated carbocycles. The van der Waals surface area contributed by atoms with Gasteiger partial charge in [0.1, 0.15) is 5.56 Å². The first-order valence-corrected chi connectivity index (χ1v) is 6.22. The Balaban J connectivity index is 1.93. The first kappa shape index (κ1) is 13.1. The van der Waals surface area contributed by atoms with E-state index in [1.165, 1.54) is 11.1 Å². The van der Waals surface area contributed by atoms with Crippen molar-refractivity contribution in [3.05, 3.63) is 46.6 Å². The highest BCUT2D eigenvalue weighted by atomic mass is 16.1. The Morgan fingerprint density at radius 2 is 2.11 bits per heavy atom. The Bertz CT molecular complexity index is 569. The van der Waals surface area contributed by atoms with E-state index in [2.05, 4.69) is 34.6 Å². The van der Waals surface area contributed by atoms with Crippen LogP contribution in [0.4, 0.5) is 5.82 Å². The zero-order valence-corrected chi connectivity index (χ0v) is 11.2. The number of benzene rings is 1. The summed E-state index contributed by atoms with van der Waals surface area (Å²) >= 11 is 0. The molecular formula is C14H18N4O. The summed E-state index contributed by atoms with van der Waals surface area (Å²) in [5, 5.41) is 9.37. The van der Waals surface area contributed by atoms with Crippen molar-refractivity contribution in [3.8, 4) is 0 Å². The molecule has 0 aliphatic carbocycles. The van der Waals surface area contributed by atoms with Crippen LogP contribution in [0, 0.1) is 13.8 Å². The van der Waals surface area contributed by atoms with E-state index in [1.54, 1.807) is 6.92 Å².